The number of rotatable bonds is 2. The van der Waals surface area contributed by atoms with Gasteiger partial charge in [-0.2, -0.15) is 13.2 Å². The summed E-state index contributed by atoms with van der Waals surface area (Å²) in [5.41, 5.74) is -0.207. The number of hydrogen-bond donors (Lipinski definition) is 1. The molecule has 0 bridgehead atoms. The first kappa shape index (κ1) is 11.5. The third-order valence-corrected chi connectivity index (χ3v) is 4.87. The molecule has 1 aliphatic heterocycles. The second kappa shape index (κ2) is 3.68. The number of aromatic nitrogens is 1. The van der Waals surface area contributed by atoms with Gasteiger partial charge in [-0.15, -0.1) is 11.3 Å². The van der Waals surface area contributed by atoms with Gasteiger partial charge in [0.1, 0.15) is 0 Å². The quantitative estimate of drug-likeness (QED) is 0.885. The summed E-state index contributed by atoms with van der Waals surface area (Å²) in [6, 6.07) is 0. The molecule has 0 radical (unpaired) electrons. The Bertz CT molecular complexity index is 417. The van der Waals surface area contributed by atoms with Crippen molar-refractivity contribution in [2.75, 3.05) is 6.54 Å². The van der Waals surface area contributed by atoms with Gasteiger partial charge in [0, 0.05) is 11.1 Å². The summed E-state index contributed by atoms with van der Waals surface area (Å²) in [5.74, 6) is 0.506. The van der Waals surface area contributed by atoms with Crippen molar-refractivity contribution in [3.8, 4) is 0 Å². The number of halogens is 3. The first-order valence-electron chi connectivity index (χ1n) is 5.81. The van der Waals surface area contributed by atoms with Crippen LogP contribution in [0.1, 0.15) is 35.6 Å². The number of thiazole rings is 1. The molecule has 1 unspecified atom stereocenters. The van der Waals surface area contributed by atoms with Crippen LogP contribution in [0, 0.1) is 5.92 Å². The third kappa shape index (κ3) is 1.87. The molecule has 1 aliphatic carbocycles. The van der Waals surface area contributed by atoms with Crippen LogP contribution in [0.2, 0.25) is 0 Å². The standard InChI is InChI=1S/C11H13F3N2S/c12-11(13,14)9-15-6-8(17-9)10(7-2-3-7)4-1-5-16-10/h6-7,16H,1-5H2. The van der Waals surface area contributed by atoms with Crippen molar-refractivity contribution in [1.82, 2.24) is 10.3 Å². The van der Waals surface area contributed by atoms with Gasteiger partial charge in [-0.05, 0) is 38.1 Å². The minimum Gasteiger partial charge on any atom is -0.306 e. The van der Waals surface area contributed by atoms with Gasteiger partial charge in [0.2, 0.25) is 0 Å². The van der Waals surface area contributed by atoms with Crippen LogP contribution in [-0.4, -0.2) is 11.5 Å². The minimum absolute atomic E-state index is 0.207. The summed E-state index contributed by atoms with van der Waals surface area (Å²) < 4.78 is 37.7. The smallest absolute Gasteiger partial charge is 0.306 e. The number of alkyl halides is 3. The molecule has 1 saturated carbocycles. The van der Waals surface area contributed by atoms with Gasteiger partial charge in [-0.1, -0.05) is 0 Å². The van der Waals surface area contributed by atoms with E-state index in [9.17, 15) is 13.2 Å². The Labute approximate surface area is 101 Å². The fourth-order valence-corrected chi connectivity index (χ4v) is 3.77. The van der Waals surface area contributed by atoms with E-state index in [-0.39, 0.29) is 5.54 Å². The maximum absolute atomic E-state index is 12.6. The molecule has 94 valence electrons. The van der Waals surface area contributed by atoms with E-state index in [4.69, 9.17) is 0 Å². The molecule has 0 spiro atoms. The van der Waals surface area contributed by atoms with Gasteiger partial charge >= 0.3 is 6.18 Å². The van der Waals surface area contributed by atoms with Gasteiger partial charge < -0.3 is 5.32 Å². The molecule has 1 aromatic rings. The predicted octanol–water partition coefficient (Wildman–Crippen LogP) is 3.15. The Morgan fingerprint density at radius 3 is 2.65 bits per heavy atom. The van der Waals surface area contributed by atoms with Gasteiger partial charge in [-0.3, -0.25) is 0 Å². The molecular formula is C11H13F3N2S. The summed E-state index contributed by atoms with van der Waals surface area (Å²) >= 11 is 0.806. The highest BCUT2D eigenvalue weighted by atomic mass is 32.1. The second-order valence-corrected chi connectivity index (χ2v) is 5.83. The molecule has 0 amide bonds. The van der Waals surface area contributed by atoms with Crippen LogP contribution < -0.4 is 5.32 Å². The van der Waals surface area contributed by atoms with Gasteiger partial charge in [0.25, 0.3) is 0 Å². The van der Waals surface area contributed by atoms with Crippen LogP contribution in [-0.2, 0) is 11.7 Å². The first-order chi connectivity index (χ1) is 8.02. The Balaban J connectivity index is 1.94. The molecule has 2 fully saturated rings. The van der Waals surface area contributed by atoms with Gasteiger partial charge in [0.15, 0.2) is 5.01 Å². The van der Waals surface area contributed by atoms with E-state index in [0.29, 0.717) is 5.92 Å². The molecule has 2 heterocycles. The van der Waals surface area contributed by atoms with Crippen molar-refractivity contribution in [3.05, 3.63) is 16.1 Å². The zero-order valence-corrected chi connectivity index (χ0v) is 10.00. The fourth-order valence-electron chi connectivity index (χ4n) is 2.71. The zero-order valence-electron chi connectivity index (χ0n) is 9.18. The van der Waals surface area contributed by atoms with Crippen LogP contribution in [0.4, 0.5) is 13.2 Å². The molecule has 0 aromatic carbocycles. The summed E-state index contributed by atoms with van der Waals surface area (Å²) in [6.45, 7) is 0.899. The summed E-state index contributed by atoms with van der Waals surface area (Å²) in [5, 5.41) is 2.70. The summed E-state index contributed by atoms with van der Waals surface area (Å²) in [4.78, 5) is 4.31. The lowest BCUT2D eigenvalue weighted by molar-refractivity contribution is -0.137. The highest BCUT2D eigenvalue weighted by Gasteiger charge is 2.50. The van der Waals surface area contributed by atoms with Crippen molar-refractivity contribution in [1.29, 1.82) is 0 Å². The molecule has 1 N–H and O–H groups in total. The average molecular weight is 262 g/mol. The Morgan fingerprint density at radius 2 is 2.18 bits per heavy atom. The van der Waals surface area contributed by atoms with Crippen molar-refractivity contribution < 1.29 is 13.2 Å². The molecule has 1 aromatic heterocycles. The number of nitrogens with zero attached hydrogens (tertiary/aromatic N) is 1. The lowest BCUT2D eigenvalue weighted by Crippen LogP contribution is -2.38. The topological polar surface area (TPSA) is 24.9 Å². The largest absolute Gasteiger partial charge is 0.443 e. The van der Waals surface area contributed by atoms with Crippen LogP contribution >= 0.6 is 11.3 Å². The van der Waals surface area contributed by atoms with E-state index in [2.05, 4.69) is 10.3 Å². The van der Waals surface area contributed by atoms with Crippen LogP contribution in [0.3, 0.4) is 0 Å². The van der Waals surface area contributed by atoms with E-state index in [1.165, 1.54) is 6.20 Å². The number of hydrogen-bond acceptors (Lipinski definition) is 3. The Morgan fingerprint density at radius 1 is 1.41 bits per heavy atom. The minimum atomic E-state index is -4.31. The van der Waals surface area contributed by atoms with Crippen molar-refractivity contribution in [3.63, 3.8) is 0 Å². The Kier molecular flexibility index (Phi) is 2.49. The van der Waals surface area contributed by atoms with E-state index >= 15 is 0 Å². The third-order valence-electron chi connectivity index (χ3n) is 3.65. The molecule has 6 heteroatoms. The molecule has 3 rings (SSSR count). The van der Waals surface area contributed by atoms with Crippen LogP contribution in [0.15, 0.2) is 6.20 Å². The fraction of sp³-hybridized carbons (Fsp3) is 0.727. The highest BCUT2D eigenvalue weighted by molar-refractivity contribution is 7.11. The predicted molar refractivity (Wildman–Crippen MR) is 58.8 cm³/mol. The molecular weight excluding hydrogens is 249 g/mol. The normalized spacial score (nSPS) is 29.8. The SMILES string of the molecule is FC(F)(F)c1ncc(C2(C3CC3)CCCN2)s1. The maximum atomic E-state index is 12.6. The molecule has 2 nitrogen and oxygen atoms in total. The first-order valence-corrected chi connectivity index (χ1v) is 6.62. The van der Waals surface area contributed by atoms with Gasteiger partial charge in [0.05, 0.1) is 5.54 Å². The van der Waals surface area contributed by atoms with E-state index < -0.39 is 11.2 Å². The lowest BCUT2D eigenvalue weighted by atomic mass is 9.90. The number of nitrogens with one attached hydrogen (secondary N) is 1. The molecule has 1 atom stereocenters. The van der Waals surface area contributed by atoms with E-state index in [1.54, 1.807) is 0 Å². The second-order valence-electron chi connectivity index (χ2n) is 4.80. The highest BCUT2D eigenvalue weighted by Crippen LogP contribution is 2.52. The summed E-state index contributed by atoms with van der Waals surface area (Å²) in [7, 11) is 0. The lowest BCUT2D eigenvalue weighted by Gasteiger charge is -2.28. The van der Waals surface area contributed by atoms with Crippen molar-refractivity contribution >= 4 is 11.3 Å². The van der Waals surface area contributed by atoms with Crippen molar-refractivity contribution in [2.24, 2.45) is 5.92 Å². The molecule has 17 heavy (non-hydrogen) atoms. The van der Waals surface area contributed by atoms with Crippen LogP contribution in [0.25, 0.3) is 0 Å². The summed E-state index contributed by atoms with van der Waals surface area (Å²) in [6.07, 6.45) is 1.32. The van der Waals surface area contributed by atoms with Gasteiger partial charge in [-0.25, -0.2) is 4.98 Å². The molecule has 1 saturated heterocycles. The monoisotopic (exact) mass is 262 g/mol. The van der Waals surface area contributed by atoms with Crippen molar-refractivity contribution in [2.45, 2.75) is 37.4 Å². The van der Waals surface area contributed by atoms with E-state index in [0.717, 1.165) is 48.4 Å². The molecule has 2 aliphatic rings. The Hall–Kier alpha value is -0.620. The van der Waals surface area contributed by atoms with E-state index in [1.807, 2.05) is 0 Å². The maximum Gasteiger partial charge on any atom is 0.443 e. The average Bonchev–Trinajstić information content (AvgIpc) is 2.83. The zero-order chi connectivity index (χ0) is 12.1. The van der Waals surface area contributed by atoms with Crippen LogP contribution in [0.5, 0.6) is 0 Å².